The average molecular weight is 323 g/mol. The Bertz CT molecular complexity index is 479. The standard InChI is InChI=1S/C16H25N3O4/c1-3-21-14(2)18-23-12-11-19(10-9-17)16(20)22-13-15-7-5-4-6-8-15/h4-8H,3,9-13,17H2,1-2H3/b18-14+. The number of oxime groups is 1. The average Bonchev–Trinajstić information content (AvgIpc) is 2.56. The van der Waals surface area contributed by atoms with Crippen molar-refractivity contribution in [1.29, 1.82) is 0 Å². The van der Waals surface area contributed by atoms with Gasteiger partial charge in [0.1, 0.15) is 13.2 Å². The van der Waals surface area contributed by atoms with Gasteiger partial charge in [-0.15, -0.1) is 0 Å². The van der Waals surface area contributed by atoms with Crippen LogP contribution in [0.5, 0.6) is 0 Å². The summed E-state index contributed by atoms with van der Waals surface area (Å²) in [5.74, 6) is 0.449. The van der Waals surface area contributed by atoms with Gasteiger partial charge in [-0.2, -0.15) is 0 Å². The molecule has 128 valence electrons. The van der Waals surface area contributed by atoms with Crippen molar-refractivity contribution >= 4 is 12.0 Å². The number of ether oxygens (including phenoxy) is 2. The summed E-state index contributed by atoms with van der Waals surface area (Å²) >= 11 is 0. The second-order valence-corrected chi connectivity index (χ2v) is 4.69. The Hall–Kier alpha value is -2.28. The molecule has 0 aliphatic heterocycles. The van der Waals surface area contributed by atoms with Crippen molar-refractivity contribution in [2.24, 2.45) is 10.9 Å². The molecule has 0 saturated carbocycles. The Labute approximate surface area is 137 Å². The van der Waals surface area contributed by atoms with E-state index in [1.54, 1.807) is 6.92 Å². The van der Waals surface area contributed by atoms with Crippen LogP contribution in [0.1, 0.15) is 19.4 Å². The lowest BCUT2D eigenvalue weighted by Crippen LogP contribution is -2.38. The highest BCUT2D eigenvalue weighted by Crippen LogP contribution is 2.03. The van der Waals surface area contributed by atoms with Gasteiger partial charge in [0, 0.05) is 20.0 Å². The highest BCUT2D eigenvalue weighted by atomic mass is 16.6. The van der Waals surface area contributed by atoms with Crippen LogP contribution in [0.3, 0.4) is 0 Å². The van der Waals surface area contributed by atoms with Crippen LogP contribution in [0.15, 0.2) is 35.5 Å². The predicted molar refractivity (Wildman–Crippen MR) is 87.9 cm³/mol. The maximum atomic E-state index is 12.1. The van der Waals surface area contributed by atoms with Gasteiger partial charge in [-0.1, -0.05) is 35.5 Å². The molecule has 0 fully saturated rings. The zero-order chi connectivity index (χ0) is 16.9. The van der Waals surface area contributed by atoms with Gasteiger partial charge < -0.3 is 24.9 Å². The fourth-order valence-electron chi connectivity index (χ4n) is 1.78. The minimum Gasteiger partial charge on any atom is -0.479 e. The van der Waals surface area contributed by atoms with E-state index in [1.807, 2.05) is 37.3 Å². The molecule has 1 aromatic rings. The number of rotatable bonds is 9. The smallest absolute Gasteiger partial charge is 0.410 e. The number of nitrogens with two attached hydrogens (primary N) is 1. The summed E-state index contributed by atoms with van der Waals surface area (Å²) in [5, 5.41) is 3.78. The van der Waals surface area contributed by atoms with E-state index in [2.05, 4.69) is 5.16 Å². The summed E-state index contributed by atoms with van der Waals surface area (Å²) in [5.41, 5.74) is 6.46. The summed E-state index contributed by atoms with van der Waals surface area (Å²) in [6, 6.07) is 9.50. The minimum absolute atomic E-state index is 0.225. The zero-order valence-corrected chi connectivity index (χ0v) is 13.7. The predicted octanol–water partition coefficient (Wildman–Crippen LogP) is 1.97. The van der Waals surface area contributed by atoms with Crippen LogP contribution in [-0.2, 0) is 20.9 Å². The maximum Gasteiger partial charge on any atom is 0.410 e. The van der Waals surface area contributed by atoms with Gasteiger partial charge in [0.05, 0.1) is 13.2 Å². The lowest BCUT2D eigenvalue weighted by molar-refractivity contribution is 0.0721. The quantitative estimate of drug-likeness (QED) is 0.325. The first-order chi connectivity index (χ1) is 11.2. The van der Waals surface area contributed by atoms with Crippen molar-refractivity contribution in [3.8, 4) is 0 Å². The number of amides is 1. The third-order valence-corrected chi connectivity index (χ3v) is 2.86. The molecule has 2 N–H and O–H groups in total. The van der Waals surface area contributed by atoms with Gasteiger partial charge in [0.25, 0.3) is 0 Å². The Morgan fingerprint density at radius 1 is 1.22 bits per heavy atom. The van der Waals surface area contributed by atoms with E-state index in [0.717, 1.165) is 5.56 Å². The van der Waals surface area contributed by atoms with E-state index >= 15 is 0 Å². The van der Waals surface area contributed by atoms with Crippen LogP contribution in [0.2, 0.25) is 0 Å². The van der Waals surface area contributed by atoms with Gasteiger partial charge in [-0.3, -0.25) is 0 Å². The summed E-state index contributed by atoms with van der Waals surface area (Å²) in [7, 11) is 0. The second kappa shape index (κ2) is 11.3. The molecule has 0 unspecified atom stereocenters. The van der Waals surface area contributed by atoms with Crippen molar-refractivity contribution in [2.75, 3.05) is 32.8 Å². The van der Waals surface area contributed by atoms with Crippen molar-refractivity contribution in [2.45, 2.75) is 20.5 Å². The van der Waals surface area contributed by atoms with E-state index in [0.29, 0.717) is 32.1 Å². The number of nitrogens with zero attached hydrogens (tertiary/aromatic N) is 2. The molecule has 0 heterocycles. The monoisotopic (exact) mass is 323 g/mol. The van der Waals surface area contributed by atoms with E-state index < -0.39 is 6.09 Å². The maximum absolute atomic E-state index is 12.1. The van der Waals surface area contributed by atoms with Crippen molar-refractivity contribution in [3.05, 3.63) is 35.9 Å². The Morgan fingerprint density at radius 3 is 2.61 bits per heavy atom. The molecule has 1 amide bonds. The van der Waals surface area contributed by atoms with E-state index in [-0.39, 0.29) is 13.2 Å². The van der Waals surface area contributed by atoms with Gasteiger partial charge in [0.2, 0.25) is 5.90 Å². The number of carbonyl (C=O) groups is 1. The largest absolute Gasteiger partial charge is 0.479 e. The van der Waals surface area contributed by atoms with Gasteiger partial charge in [-0.25, -0.2) is 4.79 Å². The van der Waals surface area contributed by atoms with Gasteiger partial charge in [0.15, 0.2) is 0 Å². The third kappa shape index (κ3) is 8.06. The molecule has 1 rings (SSSR count). The van der Waals surface area contributed by atoms with Crippen LogP contribution in [0.4, 0.5) is 4.79 Å². The van der Waals surface area contributed by atoms with Crippen LogP contribution in [-0.4, -0.2) is 49.7 Å². The molecule has 0 saturated heterocycles. The first kappa shape index (κ1) is 18.8. The van der Waals surface area contributed by atoms with E-state index in [1.165, 1.54) is 4.90 Å². The molecular formula is C16H25N3O4. The van der Waals surface area contributed by atoms with Crippen LogP contribution in [0.25, 0.3) is 0 Å². The normalized spacial score (nSPS) is 11.0. The van der Waals surface area contributed by atoms with Gasteiger partial charge in [-0.05, 0) is 12.5 Å². The topological polar surface area (TPSA) is 86.4 Å². The number of hydrogen-bond acceptors (Lipinski definition) is 6. The lowest BCUT2D eigenvalue weighted by Gasteiger charge is -2.20. The fourth-order valence-corrected chi connectivity index (χ4v) is 1.78. The second-order valence-electron chi connectivity index (χ2n) is 4.69. The number of hydrogen-bond donors (Lipinski definition) is 1. The molecular weight excluding hydrogens is 298 g/mol. The highest BCUT2D eigenvalue weighted by Gasteiger charge is 2.14. The van der Waals surface area contributed by atoms with Crippen molar-refractivity contribution < 1.29 is 19.1 Å². The zero-order valence-electron chi connectivity index (χ0n) is 13.7. The third-order valence-electron chi connectivity index (χ3n) is 2.86. The minimum atomic E-state index is -0.423. The molecule has 0 radical (unpaired) electrons. The summed E-state index contributed by atoms with van der Waals surface area (Å²) in [6.45, 7) is 5.65. The molecule has 0 bridgehead atoms. The summed E-state index contributed by atoms with van der Waals surface area (Å²) in [4.78, 5) is 18.7. The molecule has 7 heteroatoms. The first-order valence-corrected chi connectivity index (χ1v) is 7.62. The molecule has 7 nitrogen and oxygen atoms in total. The van der Waals surface area contributed by atoms with Crippen molar-refractivity contribution in [3.63, 3.8) is 0 Å². The fraction of sp³-hybridized carbons (Fsp3) is 0.500. The van der Waals surface area contributed by atoms with E-state index in [4.69, 9.17) is 20.0 Å². The first-order valence-electron chi connectivity index (χ1n) is 7.62. The molecule has 0 aliphatic rings. The molecule has 1 aromatic carbocycles. The Balaban J connectivity index is 2.37. The van der Waals surface area contributed by atoms with Crippen LogP contribution < -0.4 is 5.73 Å². The van der Waals surface area contributed by atoms with Gasteiger partial charge >= 0.3 is 6.09 Å². The highest BCUT2D eigenvalue weighted by molar-refractivity contribution is 5.72. The lowest BCUT2D eigenvalue weighted by atomic mass is 10.2. The van der Waals surface area contributed by atoms with Crippen molar-refractivity contribution in [1.82, 2.24) is 4.90 Å². The molecule has 0 spiro atoms. The molecule has 0 atom stereocenters. The molecule has 0 aromatic heterocycles. The molecule has 23 heavy (non-hydrogen) atoms. The summed E-state index contributed by atoms with van der Waals surface area (Å²) < 4.78 is 10.4. The molecule has 0 aliphatic carbocycles. The Morgan fingerprint density at radius 2 is 1.96 bits per heavy atom. The SMILES string of the molecule is CCO/C(C)=N/OCCN(CCN)C(=O)OCc1ccccc1. The van der Waals surface area contributed by atoms with Crippen LogP contribution >= 0.6 is 0 Å². The Kier molecular flexibility index (Phi) is 9.23. The summed E-state index contributed by atoms with van der Waals surface area (Å²) in [6.07, 6.45) is -0.423. The van der Waals surface area contributed by atoms with Crippen LogP contribution in [0, 0.1) is 0 Å². The number of carbonyl (C=O) groups excluding carboxylic acids is 1. The van der Waals surface area contributed by atoms with E-state index in [9.17, 15) is 4.79 Å². The number of benzene rings is 1.